The zero-order chi connectivity index (χ0) is 21.3. The van der Waals surface area contributed by atoms with Gasteiger partial charge in [0.1, 0.15) is 5.60 Å². The second-order valence-corrected chi connectivity index (χ2v) is 9.81. The lowest BCUT2D eigenvalue weighted by molar-refractivity contribution is -0.137. The maximum atomic E-state index is 13.3. The highest BCUT2D eigenvalue weighted by Gasteiger charge is 2.44. The first-order chi connectivity index (χ1) is 13.6. The molecular formula is C21H36N4O4. The predicted molar refractivity (Wildman–Crippen MR) is 109 cm³/mol. The Kier molecular flexibility index (Phi) is 6.29. The summed E-state index contributed by atoms with van der Waals surface area (Å²) in [5.74, 6) is -0.0304. The first kappa shape index (κ1) is 21.7. The van der Waals surface area contributed by atoms with Crippen molar-refractivity contribution in [1.29, 1.82) is 0 Å². The average molecular weight is 409 g/mol. The molecule has 0 aliphatic carbocycles. The fourth-order valence-electron chi connectivity index (χ4n) is 4.78. The van der Waals surface area contributed by atoms with Crippen LogP contribution in [0.15, 0.2) is 0 Å². The van der Waals surface area contributed by atoms with Gasteiger partial charge < -0.3 is 24.3 Å². The molecule has 3 heterocycles. The summed E-state index contributed by atoms with van der Waals surface area (Å²) in [6, 6.07) is 0.128. The van der Waals surface area contributed by atoms with E-state index in [-0.39, 0.29) is 36.0 Å². The number of amides is 4. The summed E-state index contributed by atoms with van der Waals surface area (Å²) in [6.45, 7) is 8.05. The molecule has 3 fully saturated rings. The maximum absolute atomic E-state index is 13.3. The molecule has 8 nitrogen and oxygen atoms in total. The van der Waals surface area contributed by atoms with Gasteiger partial charge >= 0.3 is 12.1 Å². The maximum Gasteiger partial charge on any atom is 0.410 e. The van der Waals surface area contributed by atoms with Gasteiger partial charge in [0.05, 0.1) is 12.0 Å². The minimum absolute atomic E-state index is 0.0180. The van der Waals surface area contributed by atoms with E-state index in [2.05, 4.69) is 0 Å². The van der Waals surface area contributed by atoms with Crippen LogP contribution in [0.1, 0.15) is 52.9 Å². The number of nitrogens with zero attached hydrogens (tertiary/aromatic N) is 4. The fourth-order valence-corrected chi connectivity index (χ4v) is 4.78. The van der Waals surface area contributed by atoms with Gasteiger partial charge in [0.2, 0.25) is 5.91 Å². The number of carbonyl (C=O) groups is 3. The van der Waals surface area contributed by atoms with Gasteiger partial charge in [-0.05, 0) is 52.9 Å². The van der Waals surface area contributed by atoms with E-state index in [0.29, 0.717) is 26.2 Å². The normalized spacial score (nSPS) is 27.5. The van der Waals surface area contributed by atoms with Gasteiger partial charge in [-0.25, -0.2) is 9.59 Å². The number of ether oxygens (including phenoxy) is 1. The van der Waals surface area contributed by atoms with Gasteiger partial charge in [-0.15, -0.1) is 0 Å². The monoisotopic (exact) mass is 408 g/mol. The Bertz CT molecular complexity index is 645. The molecule has 164 valence electrons. The summed E-state index contributed by atoms with van der Waals surface area (Å²) < 4.78 is 5.62. The predicted octanol–water partition coefficient (Wildman–Crippen LogP) is 2.38. The molecule has 3 atom stereocenters. The number of hydrogen-bond donors (Lipinski definition) is 0. The van der Waals surface area contributed by atoms with Gasteiger partial charge in [-0.3, -0.25) is 4.79 Å². The van der Waals surface area contributed by atoms with Crippen LogP contribution >= 0.6 is 0 Å². The third kappa shape index (κ3) is 4.95. The molecule has 3 aliphatic heterocycles. The molecular weight excluding hydrogens is 372 g/mol. The van der Waals surface area contributed by atoms with Crippen molar-refractivity contribution in [1.82, 2.24) is 19.6 Å². The Labute approximate surface area is 174 Å². The standard InChI is InChI=1S/C21H36N4O4/c1-21(2,3)29-20(28)25-16-8-9-17(25)14-23(12-10-16)18(26)15-7-6-11-24(13-15)19(27)22(4)5/h15-17H,6-14H2,1-5H3/t15-,16+,17-/m0/s1. The summed E-state index contributed by atoms with van der Waals surface area (Å²) in [4.78, 5) is 45.5. The smallest absolute Gasteiger partial charge is 0.410 e. The van der Waals surface area contributed by atoms with Crippen molar-refractivity contribution < 1.29 is 19.1 Å². The van der Waals surface area contributed by atoms with Crippen molar-refractivity contribution in [2.24, 2.45) is 5.92 Å². The third-order valence-corrected chi connectivity index (χ3v) is 6.12. The summed E-state index contributed by atoms with van der Waals surface area (Å²) in [6.07, 6.45) is 4.06. The quantitative estimate of drug-likeness (QED) is 0.668. The molecule has 3 rings (SSSR count). The Balaban J connectivity index is 1.65. The van der Waals surface area contributed by atoms with E-state index in [0.717, 1.165) is 32.1 Å². The number of likely N-dealkylation sites (tertiary alicyclic amines) is 2. The molecule has 0 N–H and O–H groups in total. The largest absolute Gasteiger partial charge is 0.444 e. The van der Waals surface area contributed by atoms with Crippen LogP contribution < -0.4 is 0 Å². The average Bonchev–Trinajstić information content (AvgIpc) is 2.93. The van der Waals surface area contributed by atoms with Crippen LogP contribution in [0.3, 0.4) is 0 Å². The number of carbonyl (C=O) groups excluding carboxylic acids is 3. The molecule has 0 spiro atoms. The van der Waals surface area contributed by atoms with Gasteiger partial charge in [0.25, 0.3) is 0 Å². The second kappa shape index (κ2) is 8.40. The van der Waals surface area contributed by atoms with Crippen molar-refractivity contribution in [3.8, 4) is 0 Å². The lowest BCUT2D eigenvalue weighted by atomic mass is 9.96. The lowest BCUT2D eigenvalue weighted by Gasteiger charge is -2.36. The SMILES string of the molecule is CN(C)C(=O)N1CCC[C@H](C(=O)N2CC[C@H]3CC[C@@H](C2)N3C(=O)OC(C)(C)C)C1. The minimum Gasteiger partial charge on any atom is -0.444 e. The Morgan fingerprint density at radius 2 is 1.59 bits per heavy atom. The first-order valence-electron chi connectivity index (χ1n) is 10.8. The van der Waals surface area contributed by atoms with Gasteiger partial charge in [-0.2, -0.15) is 0 Å². The molecule has 3 saturated heterocycles. The highest BCUT2D eigenvalue weighted by atomic mass is 16.6. The Morgan fingerprint density at radius 3 is 2.24 bits per heavy atom. The molecule has 3 aliphatic rings. The van der Waals surface area contributed by atoms with Crippen LogP contribution in [0.4, 0.5) is 9.59 Å². The fraction of sp³-hybridized carbons (Fsp3) is 0.857. The zero-order valence-electron chi connectivity index (χ0n) is 18.5. The highest BCUT2D eigenvalue weighted by molar-refractivity contribution is 5.81. The molecule has 8 heteroatoms. The summed E-state index contributed by atoms with van der Waals surface area (Å²) >= 11 is 0. The minimum atomic E-state index is -0.525. The summed E-state index contributed by atoms with van der Waals surface area (Å²) in [5.41, 5.74) is -0.525. The molecule has 0 aromatic heterocycles. The van der Waals surface area contributed by atoms with Crippen molar-refractivity contribution in [3.63, 3.8) is 0 Å². The second-order valence-electron chi connectivity index (χ2n) is 9.81. The van der Waals surface area contributed by atoms with Gasteiger partial charge in [0, 0.05) is 46.3 Å². The molecule has 2 bridgehead atoms. The van der Waals surface area contributed by atoms with E-state index in [1.807, 2.05) is 30.6 Å². The molecule has 0 aromatic rings. The molecule has 0 saturated carbocycles. The molecule has 0 unspecified atom stereocenters. The van der Waals surface area contributed by atoms with Crippen LogP contribution in [-0.4, -0.2) is 95.6 Å². The molecule has 4 amide bonds. The van der Waals surface area contributed by atoms with Crippen molar-refractivity contribution in [2.45, 2.75) is 70.6 Å². The number of fused-ring (bicyclic) bond motifs is 2. The van der Waals surface area contributed by atoms with Crippen molar-refractivity contribution in [3.05, 3.63) is 0 Å². The number of rotatable bonds is 1. The van der Waals surface area contributed by atoms with E-state index in [1.54, 1.807) is 23.9 Å². The topological polar surface area (TPSA) is 73.4 Å². The highest BCUT2D eigenvalue weighted by Crippen LogP contribution is 2.33. The van der Waals surface area contributed by atoms with E-state index < -0.39 is 5.60 Å². The van der Waals surface area contributed by atoms with Crippen LogP contribution in [0.2, 0.25) is 0 Å². The van der Waals surface area contributed by atoms with E-state index >= 15 is 0 Å². The molecule has 29 heavy (non-hydrogen) atoms. The number of piperidine rings is 1. The Morgan fingerprint density at radius 1 is 0.897 bits per heavy atom. The van der Waals surface area contributed by atoms with Crippen LogP contribution in [0, 0.1) is 5.92 Å². The number of hydrogen-bond acceptors (Lipinski definition) is 4. The lowest BCUT2D eigenvalue weighted by Crippen LogP contribution is -2.51. The van der Waals surface area contributed by atoms with E-state index in [4.69, 9.17) is 4.74 Å². The van der Waals surface area contributed by atoms with Crippen LogP contribution in [-0.2, 0) is 9.53 Å². The van der Waals surface area contributed by atoms with Crippen molar-refractivity contribution >= 4 is 18.0 Å². The van der Waals surface area contributed by atoms with Gasteiger partial charge in [0.15, 0.2) is 0 Å². The first-order valence-corrected chi connectivity index (χ1v) is 10.8. The Hall–Kier alpha value is -1.99. The van der Waals surface area contributed by atoms with Crippen LogP contribution in [0.5, 0.6) is 0 Å². The molecule has 0 aromatic carbocycles. The molecule has 0 radical (unpaired) electrons. The third-order valence-electron chi connectivity index (χ3n) is 6.12. The van der Waals surface area contributed by atoms with Gasteiger partial charge in [-0.1, -0.05) is 0 Å². The zero-order valence-corrected chi connectivity index (χ0v) is 18.5. The summed E-state index contributed by atoms with van der Waals surface area (Å²) in [7, 11) is 3.48. The van der Waals surface area contributed by atoms with Crippen molar-refractivity contribution in [2.75, 3.05) is 40.3 Å². The van der Waals surface area contributed by atoms with E-state index in [1.165, 1.54) is 0 Å². The summed E-state index contributed by atoms with van der Waals surface area (Å²) in [5, 5.41) is 0. The van der Waals surface area contributed by atoms with E-state index in [9.17, 15) is 14.4 Å². The number of urea groups is 1. The van der Waals surface area contributed by atoms with Crippen LogP contribution in [0.25, 0.3) is 0 Å².